The molecule has 0 aliphatic heterocycles. The molecule has 0 fully saturated rings. The van der Waals surface area contributed by atoms with Crippen molar-refractivity contribution < 1.29 is 0 Å². The summed E-state index contributed by atoms with van der Waals surface area (Å²) in [4.78, 5) is 7.08. The Morgan fingerprint density at radius 1 is 1.25 bits per heavy atom. The largest absolute Gasteiger partial charge is 0.315 e. The third-order valence-electron chi connectivity index (χ3n) is 3.69. The minimum atomic E-state index is 0.647. The average Bonchev–Trinajstić information content (AvgIpc) is 2.42. The molecule has 0 bridgehead atoms. The summed E-state index contributed by atoms with van der Waals surface area (Å²) < 4.78 is 0. The maximum absolute atomic E-state index is 4.59. The van der Waals surface area contributed by atoms with E-state index in [4.69, 9.17) is 0 Å². The molecule has 1 heterocycles. The Labute approximate surface area is 124 Å². The summed E-state index contributed by atoms with van der Waals surface area (Å²) in [7, 11) is 0. The normalized spacial score (nSPS) is 12.8. The van der Waals surface area contributed by atoms with Gasteiger partial charge in [0.15, 0.2) is 0 Å². The van der Waals surface area contributed by atoms with Gasteiger partial charge in [-0.15, -0.1) is 0 Å². The molecule has 3 nitrogen and oxygen atoms in total. The number of aryl methyl sites for hydroxylation is 1. The van der Waals surface area contributed by atoms with Crippen molar-refractivity contribution in [3.63, 3.8) is 0 Å². The molecule has 20 heavy (non-hydrogen) atoms. The number of nitrogens with one attached hydrogen (secondary N) is 1. The lowest BCUT2D eigenvalue weighted by Gasteiger charge is -2.20. The summed E-state index contributed by atoms with van der Waals surface area (Å²) in [5.74, 6) is 0. The SMILES string of the molecule is CCNC(C)CCCCN(CC)Cc1cccc(C)n1. The Morgan fingerprint density at radius 3 is 2.70 bits per heavy atom. The van der Waals surface area contributed by atoms with E-state index in [1.165, 1.54) is 31.5 Å². The summed E-state index contributed by atoms with van der Waals surface area (Å²) in [6.07, 6.45) is 3.84. The van der Waals surface area contributed by atoms with E-state index in [-0.39, 0.29) is 0 Å². The Morgan fingerprint density at radius 2 is 2.05 bits per heavy atom. The number of rotatable bonds is 10. The minimum absolute atomic E-state index is 0.647. The molecule has 114 valence electrons. The highest BCUT2D eigenvalue weighted by atomic mass is 15.1. The van der Waals surface area contributed by atoms with E-state index in [9.17, 15) is 0 Å². The van der Waals surface area contributed by atoms with Gasteiger partial charge >= 0.3 is 0 Å². The third-order valence-corrected chi connectivity index (χ3v) is 3.69. The Bertz CT molecular complexity index is 365. The first-order valence-corrected chi connectivity index (χ1v) is 8.04. The van der Waals surface area contributed by atoms with Crippen LogP contribution in [0.1, 0.15) is 51.4 Å². The predicted molar refractivity (Wildman–Crippen MR) is 86.9 cm³/mol. The summed E-state index contributed by atoms with van der Waals surface area (Å²) in [6, 6.07) is 6.93. The molecule has 0 radical (unpaired) electrons. The van der Waals surface area contributed by atoms with E-state index in [0.717, 1.165) is 25.3 Å². The molecule has 0 aromatic carbocycles. The van der Waals surface area contributed by atoms with Gasteiger partial charge in [-0.2, -0.15) is 0 Å². The fourth-order valence-electron chi connectivity index (χ4n) is 2.50. The molecule has 1 N–H and O–H groups in total. The van der Waals surface area contributed by atoms with Gasteiger partial charge in [0.2, 0.25) is 0 Å². The molecule has 1 rings (SSSR count). The molecule has 0 aliphatic rings. The Kier molecular flexibility index (Phi) is 8.47. The van der Waals surface area contributed by atoms with Crippen LogP contribution in [0.5, 0.6) is 0 Å². The van der Waals surface area contributed by atoms with Crippen LogP contribution < -0.4 is 5.32 Å². The topological polar surface area (TPSA) is 28.2 Å². The molecule has 0 saturated heterocycles. The molecular formula is C17H31N3. The van der Waals surface area contributed by atoms with Gasteiger partial charge in [0, 0.05) is 18.3 Å². The third kappa shape index (κ3) is 7.01. The van der Waals surface area contributed by atoms with Crippen molar-refractivity contribution in [3.8, 4) is 0 Å². The molecule has 0 amide bonds. The standard InChI is InChI=1S/C17H31N3/c1-5-18-15(3)10-7-8-13-20(6-2)14-17-12-9-11-16(4)19-17/h9,11-12,15,18H,5-8,10,13-14H2,1-4H3. The van der Waals surface area contributed by atoms with Gasteiger partial charge in [0.05, 0.1) is 5.69 Å². The van der Waals surface area contributed by atoms with Gasteiger partial charge in [0.25, 0.3) is 0 Å². The van der Waals surface area contributed by atoms with Crippen LogP contribution in [0.4, 0.5) is 0 Å². The maximum atomic E-state index is 4.59. The second-order valence-electron chi connectivity index (χ2n) is 5.59. The second-order valence-corrected chi connectivity index (χ2v) is 5.59. The van der Waals surface area contributed by atoms with Gasteiger partial charge in [-0.25, -0.2) is 0 Å². The highest BCUT2D eigenvalue weighted by Gasteiger charge is 2.05. The molecule has 1 aromatic heterocycles. The number of pyridine rings is 1. The molecule has 1 aromatic rings. The zero-order valence-corrected chi connectivity index (χ0v) is 13.7. The van der Waals surface area contributed by atoms with Crippen LogP contribution in [0.3, 0.4) is 0 Å². The number of aromatic nitrogens is 1. The minimum Gasteiger partial charge on any atom is -0.315 e. The first-order chi connectivity index (χ1) is 9.65. The molecule has 0 spiro atoms. The average molecular weight is 277 g/mol. The van der Waals surface area contributed by atoms with Crippen molar-refractivity contribution >= 4 is 0 Å². The van der Waals surface area contributed by atoms with Crippen LogP contribution >= 0.6 is 0 Å². The lowest BCUT2D eigenvalue weighted by atomic mass is 10.1. The van der Waals surface area contributed by atoms with Crippen LogP contribution in [0.2, 0.25) is 0 Å². The van der Waals surface area contributed by atoms with Crippen LogP contribution in [0, 0.1) is 6.92 Å². The summed E-state index contributed by atoms with van der Waals surface area (Å²) in [6.45, 7) is 13.0. The quantitative estimate of drug-likeness (QED) is 0.665. The van der Waals surface area contributed by atoms with Crippen LogP contribution in [-0.2, 0) is 6.54 Å². The van der Waals surface area contributed by atoms with Crippen molar-refractivity contribution in [2.75, 3.05) is 19.6 Å². The molecule has 0 aliphatic carbocycles. The highest BCUT2D eigenvalue weighted by molar-refractivity contribution is 5.09. The number of nitrogens with zero attached hydrogens (tertiary/aromatic N) is 2. The smallest absolute Gasteiger partial charge is 0.0547 e. The lowest BCUT2D eigenvalue weighted by molar-refractivity contribution is 0.268. The monoisotopic (exact) mass is 277 g/mol. The van der Waals surface area contributed by atoms with Crippen molar-refractivity contribution in [1.82, 2.24) is 15.2 Å². The first kappa shape index (κ1) is 17.1. The fraction of sp³-hybridized carbons (Fsp3) is 0.706. The molecular weight excluding hydrogens is 246 g/mol. The van der Waals surface area contributed by atoms with E-state index in [1.807, 2.05) is 0 Å². The van der Waals surface area contributed by atoms with E-state index < -0.39 is 0 Å². The van der Waals surface area contributed by atoms with Crippen molar-refractivity contribution in [2.24, 2.45) is 0 Å². The van der Waals surface area contributed by atoms with Gasteiger partial charge in [-0.3, -0.25) is 9.88 Å². The van der Waals surface area contributed by atoms with Crippen LogP contribution in [0.15, 0.2) is 18.2 Å². The van der Waals surface area contributed by atoms with E-state index in [2.05, 4.69) is 61.1 Å². The lowest BCUT2D eigenvalue weighted by Crippen LogP contribution is -2.27. The van der Waals surface area contributed by atoms with E-state index in [1.54, 1.807) is 0 Å². The van der Waals surface area contributed by atoms with Crippen molar-refractivity contribution in [1.29, 1.82) is 0 Å². The molecule has 3 heteroatoms. The van der Waals surface area contributed by atoms with Crippen molar-refractivity contribution in [2.45, 2.75) is 59.5 Å². The second kappa shape index (κ2) is 9.89. The van der Waals surface area contributed by atoms with E-state index >= 15 is 0 Å². The first-order valence-electron chi connectivity index (χ1n) is 8.04. The Hall–Kier alpha value is -0.930. The summed E-state index contributed by atoms with van der Waals surface area (Å²) in [5.41, 5.74) is 2.30. The molecule has 0 saturated carbocycles. The Balaban J connectivity index is 2.26. The van der Waals surface area contributed by atoms with Crippen LogP contribution in [0.25, 0.3) is 0 Å². The zero-order valence-electron chi connectivity index (χ0n) is 13.7. The summed E-state index contributed by atoms with van der Waals surface area (Å²) in [5, 5.41) is 3.47. The zero-order chi connectivity index (χ0) is 14.8. The number of hydrogen-bond acceptors (Lipinski definition) is 3. The predicted octanol–water partition coefficient (Wildman–Crippen LogP) is 3.38. The van der Waals surface area contributed by atoms with Gasteiger partial charge in [-0.05, 0) is 58.5 Å². The molecule has 1 atom stereocenters. The number of hydrogen-bond donors (Lipinski definition) is 1. The molecule has 1 unspecified atom stereocenters. The van der Waals surface area contributed by atoms with Gasteiger partial charge in [0.1, 0.15) is 0 Å². The van der Waals surface area contributed by atoms with E-state index in [0.29, 0.717) is 6.04 Å². The van der Waals surface area contributed by atoms with Gasteiger partial charge < -0.3 is 5.32 Å². The fourth-order valence-corrected chi connectivity index (χ4v) is 2.50. The maximum Gasteiger partial charge on any atom is 0.0547 e. The number of unbranched alkanes of at least 4 members (excludes halogenated alkanes) is 1. The van der Waals surface area contributed by atoms with Crippen molar-refractivity contribution in [3.05, 3.63) is 29.6 Å². The highest BCUT2D eigenvalue weighted by Crippen LogP contribution is 2.07. The summed E-state index contributed by atoms with van der Waals surface area (Å²) >= 11 is 0. The van der Waals surface area contributed by atoms with Gasteiger partial charge in [-0.1, -0.05) is 26.3 Å². The van der Waals surface area contributed by atoms with Crippen LogP contribution in [-0.4, -0.2) is 35.6 Å².